The number of aliphatic hydroxyl groups is 1. The van der Waals surface area contributed by atoms with E-state index in [0.717, 1.165) is 6.07 Å². The fourth-order valence-electron chi connectivity index (χ4n) is 2.41. The van der Waals surface area contributed by atoms with Gasteiger partial charge in [0.15, 0.2) is 0 Å². The lowest BCUT2D eigenvalue weighted by atomic mass is 10.2. The minimum Gasteiger partial charge on any atom is -0.467 e. The Bertz CT molecular complexity index is 1050. The number of aliphatic hydroxyl groups excluding tert-OH is 1. The summed E-state index contributed by atoms with van der Waals surface area (Å²) >= 11 is 0. The van der Waals surface area contributed by atoms with E-state index in [4.69, 9.17) is 4.42 Å². The van der Waals surface area contributed by atoms with Crippen molar-refractivity contribution in [3.8, 4) is 0 Å². The number of carbonyl (C=O) groups excluding carboxylic acids is 1. The van der Waals surface area contributed by atoms with Crippen LogP contribution in [0.3, 0.4) is 0 Å². The van der Waals surface area contributed by atoms with Crippen molar-refractivity contribution in [2.45, 2.75) is 11.0 Å². The molecular weight excluding hydrogens is 387 g/mol. The maximum atomic E-state index is 13.7. The summed E-state index contributed by atoms with van der Waals surface area (Å²) in [6.45, 7) is -0.0682. The van der Waals surface area contributed by atoms with Crippen molar-refractivity contribution in [2.24, 2.45) is 0 Å². The third kappa shape index (κ3) is 4.56. The Hall–Kier alpha value is -3.17. The summed E-state index contributed by atoms with van der Waals surface area (Å²) in [5, 5.41) is 12.4. The predicted molar refractivity (Wildman–Crippen MR) is 99.7 cm³/mol. The van der Waals surface area contributed by atoms with E-state index in [1.54, 1.807) is 12.1 Å². The van der Waals surface area contributed by atoms with Gasteiger partial charge in [0.2, 0.25) is 0 Å². The van der Waals surface area contributed by atoms with E-state index < -0.39 is 27.9 Å². The lowest BCUT2D eigenvalue weighted by Gasteiger charge is -2.11. The Morgan fingerprint density at radius 1 is 1.07 bits per heavy atom. The van der Waals surface area contributed by atoms with Crippen LogP contribution in [-0.4, -0.2) is 26.0 Å². The van der Waals surface area contributed by atoms with Gasteiger partial charge in [-0.3, -0.25) is 9.52 Å². The molecule has 0 aliphatic carbocycles. The van der Waals surface area contributed by atoms with Crippen LogP contribution in [0.1, 0.15) is 22.2 Å². The fraction of sp³-hybridized carbons (Fsp3) is 0.105. The first-order valence-electron chi connectivity index (χ1n) is 8.24. The van der Waals surface area contributed by atoms with Gasteiger partial charge in [0.05, 0.1) is 23.4 Å². The molecule has 146 valence electrons. The van der Waals surface area contributed by atoms with E-state index >= 15 is 0 Å². The third-order valence-electron chi connectivity index (χ3n) is 3.87. The molecule has 3 aromatic rings. The summed E-state index contributed by atoms with van der Waals surface area (Å²) in [7, 11) is -4.01. The summed E-state index contributed by atoms with van der Waals surface area (Å²) in [6, 6.07) is 13.7. The molecule has 0 bridgehead atoms. The summed E-state index contributed by atoms with van der Waals surface area (Å²) in [6.07, 6.45) is 0.415. The van der Waals surface area contributed by atoms with Gasteiger partial charge in [-0.1, -0.05) is 12.1 Å². The van der Waals surface area contributed by atoms with Crippen molar-refractivity contribution < 1.29 is 27.1 Å². The van der Waals surface area contributed by atoms with Gasteiger partial charge in [-0.25, -0.2) is 12.8 Å². The smallest absolute Gasteiger partial charge is 0.261 e. The average molecular weight is 404 g/mol. The van der Waals surface area contributed by atoms with E-state index in [1.807, 2.05) is 0 Å². The summed E-state index contributed by atoms with van der Waals surface area (Å²) in [5.41, 5.74) is 0.0349. The van der Waals surface area contributed by atoms with Crippen LogP contribution in [0.4, 0.5) is 10.1 Å². The quantitative estimate of drug-likeness (QED) is 0.561. The van der Waals surface area contributed by atoms with E-state index in [0.29, 0.717) is 5.76 Å². The minimum absolute atomic E-state index is 0.0682. The molecule has 0 spiro atoms. The molecule has 1 aromatic heterocycles. The first-order valence-corrected chi connectivity index (χ1v) is 9.72. The molecule has 0 radical (unpaired) electrons. The zero-order valence-corrected chi connectivity index (χ0v) is 15.3. The van der Waals surface area contributed by atoms with Crippen molar-refractivity contribution in [2.75, 3.05) is 11.3 Å². The normalized spacial score (nSPS) is 12.4. The Balaban J connectivity index is 1.65. The van der Waals surface area contributed by atoms with Gasteiger partial charge in [0.1, 0.15) is 17.7 Å². The van der Waals surface area contributed by atoms with Crippen molar-refractivity contribution >= 4 is 21.6 Å². The SMILES string of the molecule is O=C(NCC(O)c1ccco1)c1ccc(S(=O)(=O)Nc2ccccc2F)cc1. The monoisotopic (exact) mass is 404 g/mol. The summed E-state index contributed by atoms with van der Waals surface area (Å²) in [5.74, 6) is -0.866. The Kier molecular flexibility index (Phi) is 5.76. The molecule has 1 atom stereocenters. The van der Waals surface area contributed by atoms with Gasteiger partial charge in [0, 0.05) is 5.56 Å². The third-order valence-corrected chi connectivity index (χ3v) is 5.25. The largest absolute Gasteiger partial charge is 0.467 e. The number of nitrogens with one attached hydrogen (secondary N) is 2. The number of hydrogen-bond acceptors (Lipinski definition) is 5. The number of carbonyl (C=O) groups is 1. The standard InChI is InChI=1S/C19H17FN2O5S/c20-15-4-1-2-5-16(15)22-28(25,26)14-9-7-13(8-10-14)19(24)21-12-17(23)18-6-3-11-27-18/h1-11,17,22-23H,12H2,(H,21,24). The number of rotatable bonds is 7. The highest BCUT2D eigenvalue weighted by atomic mass is 32.2. The number of anilines is 1. The zero-order chi connectivity index (χ0) is 20.1. The molecule has 9 heteroatoms. The van der Waals surface area contributed by atoms with Crippen molar-refractivity contribution in [3.05, 3.63) is 84.1 Å². The second-order valence-electron chi connectivity index (χ2n) is 5.85. The van der Waals surface area contributed by atoms with Crippen LogP contribution in [0.25, 0.3) is 0 Å². The molecule has 0 saturated heterocycles. The van der Waals surface area contributed by atoms with Gasteiger partial charge < -0.3 is 14.8 Å². The fourth-order valence-corrected chi connectivity index (χ4v) is 3.47. The Morgan fingerprint density at radius 3 is 2.43 bits per heavy atom. The molecule has 7 nitrogen and oxygen atoms in total. The van der Waals surface area contributed by atoms with Crippen LogP contribution >= 0.6 is 0 Å². The molecule has 1 unspecified atom stereocenters. The van der Waals surface area contributed by atoms with Crippen LogP contribution in [0.2, 0.25) is 0 Å². The number of halogens is 1. The highest BCUT2D eigenvalue weighted by Gasteiger charge is 2.17. The van der Waals surface area contributed by atoms with E-state index in [2.05, 4.69) is 10.0 Å². The molecule has 2 aromatic carbocycles. The predicted octanol–water partition coefficient (Wildman–Crippen LogP) is 2.68. The highest BCUT2D eigenvalue weighted by molar-refractivity contribution is 7.92. The Labute approximate surface area is 160 Å². The van der Waals surface area contributed by atoms with Crippen molar-refractivity contribution in [1.29, 1.82) is 0 Å². The maximum Gasteiger partial charge on any atom is 0.261 e. The van der Waals surface area contributed by atoms with E-state index in [1.165, 1.54) is 48.7 Å². The van der Waals surface area contributed by atoms with Gasteiger partial charge in [0.25, 0.3) is 15.9 Å². The number of amides is 1. The van der Waals surface area contributed by atoms with Crippen molar-refractivity contribution in [1.82, 2.24) is 5.32 Å². The maximum absolute atomic E-state index is 13.7. The molecular formula is C19H17FN2O5S. The molecule has 0 aliphatic heterocycles. The highest BCUT2D eigenvalue weighted by Crippen LogP contribution is 2.19. The summed E-state index contributed by atoms with van der Waals surface area (Å²) in [4.78, 5) is 12.0. The van der Waals surface area contributed by atoms with Crippen molar-refractivity contribution in [3.63, 3.8) is 0 Å². The molecule has 28 heavy (non-hydrogen) atoms. The zero-order valence-electron chi connectivity index (χ0n) is 14.5. The number of furan rings is 1. The molecule has 0 fully saturated rings. The van der Waals surface area contributed by atoms with Crippen LogP contribution in [0.5, 0.6) is 0 Å². The topological polar surface area (TPSA) is 109 Å². The van der Waals surface area contributed by atoms with Crippen LogP contribution in [0.15, 0.2) is 76.2 Å². The van der Waals surface area contributed by atoms with Crippen LogP contribution in [0, 0.1) is 5.82 Å². The molecule has 1 amide bonds. The second kappa shape index (κ2) is 8.24. The van der Waals surface area contributed by atoms with E-state index in [9.17, 15) is 22.7 Å². The van der Waals surface area contributed by atoms with Gasteiger partial charge in [-0.15, -0.1) is 0 Å². The molecule has 3 rings (SSSR count). The number of benzene rings is 2. The minimum atomic E-state index is -4.01. The average Bonchev–Trinajstić information content (AvgIpc) is 3.22. The number of para-hydroxylation sites is 1. The molecule has 0 saturated carbocycles. The van der Waals surface area contributed by atoms with Gasteiger partial charge in [-0.05, 0) is 48.5 Å². The number of hydrogen-bond donors (Lipinski definition) is 3. The first kappa shape index (κ1) is 19.6. The first-order chi connectivity index (χ1) is 13.4. The number of sulfonamides is 1. The lowest BCUT2D eigenvalue weighted by Crippen LogP contribution is -2.28. The van der Waals surface area contributed by atoms with Crippen LogP contribution in [-0.2, 0) is 10.0 Å². The molecule has 1 heterocycles. The Morgan fingerprint density at radius 2 is 1.79 bits per heavy atom. The van der Waals surface area contributed by atoms with E-state index in [-0.39, 0.29) is 22.7 Å². The van der Waals surface area contributed by atoms with Gasteiger partial charge >= 0.3 is 0 Å². The van der Waals surface area contributed by atoms with Gasteiger partial charge in [-0.2, -0.15) is 0 Å². The summed E-state index contributed by atoms with van der Waals surface area (Å²) < 4.78 is 45.6. The second-order valence-corrected chi connectivity index (χ2v) is 7.53. The molecule has 3 N–H and O–H groups in total. The van der Waals surface area contributed by atoms with Crippen LogP contribution < -0.4 is 10.0 Å². The molecule has 0 aliphatic rings. The lowest BCUT2D eigenvalue weighted by molar-refractivity contribution is 0.0901.